The lowest BCUT2D eigenvalue weighted by atomic mass is 9.83. The third kappa shape index (κ3) is 4.47. The molecule has 1 nitrogen and oxygen atoms in total. The van der Waals surface area contributed by atoms with Gasteiger partial charge in [0.15, 0.2) is 0 Å². The fraction of sp³-hybridized carbons (Fsp3) is 0.625. The van der Waals surface area contributed by atoms with Gasteiger partial charge in [-0.3, -0.25) is 0 Å². The molecule has 1 aromatic rings. The number of rotatable bonds is 5. The second kappa shape index (κ2) is 7.66. The minimum Gasteiger partial charge on any atom is -0.310 e. The summed E-state index contributed by atoms with van der Waals surface area (Å²) in [5.41, 5.74) is 1.25. The molecule has 0 radical (unpaired) electrons. The molecule has 0 aromatic heterocycles. The van der Waals surface area contributed by atoms with Gasteiger partial charge >= 0.3 is 0 Å². The minimum atomic E-state index is 0.645. The molecule has 0 aliphatic heterocycles. The van der Waals surface area contributed by atoms with Gasteiger partial charge in [0.2, 0.25) is 0 Å². The Morgan fingerprint density at radius 3 is 2.74 bits per heavy atom. The molecule has 1 atom stereocenters. The van der Waals surface area contributed by atoms with Crippen LogP contribution in [0.2, 0.25) is 5.02 Å². The van der Waals surface area contributed by atoms with Gasteiger partial charge in [0, 0.05) is 22.1 Å². The Bertz CT molecular complexity index is 402. The predicted molar refractivity (Wildman–Crippen MR) is 86.6 cm³/mol. The van der Waals surface area contributed by atoms with E-state index in [1.165, 1.54) is 44.1 Å². The van der Waals surface area contributed by atoms with Crippen LogP contribution in [0, 0.1) is 5.92 Å². The molecule has 1 aromatic carbocycles. The first kappa shape index (κ1) is 15.3. The molecule has 106 valence electrons. The molecule has 2 rings (SSSR count). The van der Waals surface area contributed by atoms with E-state index in [0.717, 1.165) is 22.0 Å². The van der Waals surface area contributed by atoms with Crippen molar-refractivity contribution in [3.63, 3.8) is 0 Å². The number of nitrogens with one attached hydrogen (secondary N) is 1. The quantitative estimate of drug-likeness (QED) is 0.738. The summed E-state index contributed by atoms with van der Waals surface area (Å²) in [5, 5.41) is 4.55. The van der Waals surface area contributed by atoms with E-state index in [1.807, 2.05) is 18.2 Å². The zero-order valence-electron chi connectivity index (χ0n) is 11.6. The Morgan fingerprint density at radius 1 is 1.32 bits per heavy atom. The lowest BCUT2D eigenvalue weighted by Crippen LogP contribution is -2.36. The molecule has 0 bridgehead atoms. The largest absolute Gasteiger partial charge is 0.310 e. The van der Waals surface area contributed by atoms with Gasteiger partial charge in [-0.1, -0.05) is 53.7 Å². The molecule has 19 heavy (non-hydrogen) atoms. The van der Waals surface area contributed by atoms with Crippen LogP contribution in [0.3, 0.4) is 0 Å². The van der Waals surface area contributed by atoms with Crippen LogP contribution in [0.4, 0.5) is 0 Å². The molecule has 0 amide bonds. The number of halogens is 2. The molecule has 1 saturated carbocycles. The average Bonchev–Trinajstić information content (AvgIpc) is 2.44. The third-order valence-electron chi connectivity index (χ3n) is 4.22. The summed E-state index contributed by atoms with van der Waals surface area (Å²) in [6.45, 7) is 3.19. The van der Waals surface area contributed by atoms with Gasteiger partial charge in [-0.05, 0) is 48.9 Å². The Balaban J connectivity index is 1.93. The average molecular weight is 345 g/mol. The molecule has 3 heteroatoms. The number of hydrogen-bond donors (Lipinski definition) is 1. The van der Waals surface area contributed by atoms with Crippen molar-refractivity contribution in [1.82, 2.24) is 5.32 Å². The van der Waals surface area contributed by atoms with Crippen molar-refractivity contribution in [2.45, 2.75) is 58.0 Å². The van der Waals surface area contributed by atoms with E-state index in [9.17, 15) is 0 Å². The van der Waals surface area contributed by atoms with Gasteiger partial charge in [-0.15, -0.1) is 0 Å². The van der Waals surface area contributed by atoms with Crippen LogP contribution in [0.5, 0.6) is 0 Å². The van der Waals surface area contributed by atoms with Crippen LogP contribution in [-0.2, 0) is 6.54 Å². The van der Waals surface area contributed by atoms with Crippen LogP contribution in [0.25, 0.3) is 0 Å². The van der Waals surface area contributed by atoms with Crippen molar-refractivity contribution in [3.05, 3.63) is 33.3 Å². The highest BCUT2D eigenvalue weighted by atomic mass is 79.9. The van der Waals surface area contributed by atoms with E-state index in [0.29, 0.717) is 6.04 Å². The Morgan fingerprint density at radius 2 is 2.05 bits per heavy atom. The second-order valence-electron chi connectivity index (χ2n) is 5.53. The first-order chi connectivity index (χ1) is 9.20. The maximum atomic E-state index is 6.07. The first-order valence-corrected chi connectivity index (χ1v) is 8.55. The van der Waals surface area contributed by atoms with Crippen molar-refractivity contribution < 1.29 is 0 Å². The molecule has 1 aliphatic rings. The zero-order valence-corrected chi connectivity index (χ0v) is 13.9. The summed E-state index contributed by atoms with van der Waals surface area (Å²) in [6.07, 6.45) is 8.23. The molecule has 1 aliphatic carbocycles. The predicted octanol–water partition coefficient (Wildman–Crippen LogP) is 5.55. The van der Waals surface area contributed by atoms with Gasteiger partial charge < -0.3 is 5.32 Å². The van der Waals surface area contributed by atoms with Gasteiger partial charge in [0.25, 0.3) is 0 Å². The van der Waals surface area contributed by atoms with E-state index >= 15 is 0 Å². The first-order valence-electron chi connectivity index (χ1n) is 7.38. The molecule has 1 fully saturated rings. The lowest BCUT2D eigenvalue weighted by Gasteiger charge is -2.30. The van der Waals surface area contributed by atoms with E-state index in [2.05, 4.69) is 28.2 Å². The standard InChI is InChI=1S/C16H23BrClN/c1-2-16(12-6-4-3-5-7-12)19-11-13-10-14(18)8-9-15(13)17/h8-10,12,16,19H,2-7,11H2,1H3. The Hall–Kier alpha value is -0.0500. The highest BCUT2D eigenvalue weighted by molar-refractivity contribution is 9.10. The molecule has 0 heterocycles. The van der Waals surface area contributed by atoms with Gasteiger partial charge in [-0.2, -0.15) is 0 Å². The van der Waals surface area contributed by atoms with Crippen molar-refractivity contribution in [2.75, 3.05) is 0 Å². The van der Waals surface area contributed by atoms with Crippen molar-refractivity contribution in [1.29, 1.82) is 0 Å². The van der Waals surface area contributed by atoms with E-state index in [4.69, 9.17) is 11.6 Å². The van der Waals surface area contributed by atoms with Crippen LogP contribution < -0.4 is 5.32 Å². The summed E-state index contributed by atoms with van der Waals surface area (Å²) in [5.74, 6) is 0.858. The number of benzene rings is 1. The maximum Gasteiger partial charge on any atom is 0.0410 e. The highest BCUT2D eigenvalue weighted by Crippen LogP contribution is 2.28. The lowest BCUT2D eigenvalue weighted by molar-refractivity contribution is 0.261. The highest BCUT2D eigenvalue weighted by Gasteiger charge is 2.21. The van der Waals surface area contributed by atoms with Gasteiger partial charge in [0.05, 0.1) is 0 Å². The Labute approximate surface area is 130 Å². The summed E-state index contributed by atoms with van der Waals surface area (Å²) >= 11 is 9.67. The van der Waals surface area contributed by atoms with Crippen LogP contribution in [-0.4, -0.2) is 6.04 Å². The Kier molecular flexibility index (Phi) is 6.18. The van der Waals surface area contributed by atoms with Crippen LogP contribution in [0.15, 0.2) is 22.7 Å². The fourth-order valence-corrected chi connectivity index (χ4v) is 3.68. The zero-order chi connectivity index (χ0) is 13.7. The van der Waals surface area contributed by atoms with Crippen molar-refractivity contribution in [2.24, 2.45) is 5.92 Å². The summed E-state index contributed by atoms with van der Waals surface area (Å²) in [7, 11) is 0. The topological polar surface area (TPSA) is 12.0 Å². The molecule has 0 spiro atoms. The number of hydrogen-bond acceptors (Lipinski definition) is 1. The summed E-state index contributed by atoms with van der Waals surface area (Å²) in [4.78, 5) is 0. The minimum absolute atomic E-state index is 0.645. The van der Waals surface area contributed by atoms with Crippen molar-refractivity contribution >= 4 is 27.5 Å². The smallest absolute Gasteiger partial charge is 0.0410 e. The molecular formula is C16H23BrClN. The van der Waals surface area contributed by atoms with Gasteiger partial charge in [-0.25, -0.2) is 0 Å². The maximum absolute atomic E-state index is 6.07. The fourth-order valence-electron chi connectivity index (χ4n) is 3.10. The van der Waals surface area contributed by atoms with Crippen LogP contribution >= 0.6 is 27.5 Å². The molecule has 0 saturated heterocycles. The van der Waals surface area contributed by atoms with Gasteiger partial charge in [0.1, 0.15) is 0 Å². The van der Waals surface area contributed by atoms with E-state index in [-0.39, 0.29) is 0 Å². The molecule has 1 N–H and O–H groups in total. The second-order valence-corrected chi connectivity index (χ2v) is 6.82. The van der Waals surface area contributed by atoms with E-state index < -0.39 is 0 Å². The SMILES string of the molecule is CCC(NCc1cc(Cl)ccc1Br)C1CCCCC1. The molecule has 1 unspecified atom stereocenters. The normalized spacial score (nSPS) is 18.5. The monoisotopic (exact) mass is 343 g/mol. The van der Waals surface area contributed by atoms with E-state index in [1.54, 1.807) is 0 Å². The summed E-state index contributed by atoms with van der Waals surface area (Å²) in [6, 6.07) is 6.65. The third-order valence-corrected chi connectivity index (χ3v) is 5.23. The van der Waals surface area contributed by atoms with Crippen LogP contribution in [0.1, 0.15) is 51.0 Å². The molecular weight excluding hydrogens is 322 g/mol. The van der Waals surface area contributed by atoms with Crippen molar-refractivity contribution in [3.8, 4) is 0 Å². The summed E-state index contributed by atoms with van der Waals surface area (Å²) < 4.78 is 1.14.